The van der Waals surface area contributed by atoms with E-state index >= 15 is 0 Å². The lowest BCUT2D eigenvalue weighted by molar-refractivity contribution is -0.136. The van der Waals surface area contributed by atoms with Crippen molar-refractivity contribution < 1.29 is 67.3 Å². The Morgan fingerprint density at radius 1 is 0.676 bits per heavy atom. The number of nitrogens with zero attached hydrogens (tertiary/aromatic N) is 5. The predicted molar refractivity (Wildman–Crippen MR) is 380 cm³/mol. The number of amidine groups is 1. The van der Waals surface area contributed by atoms with Crippen LogP contribution in [0.1, 0.15) is 126 Å². The molecule has 3 aliphatic rings. The zero-order valence-corrected chi connectivity index (χ0v) is 58.9. The number of fused-ring (bicyclic) bond motifs is 4. The highest BCUT2D eigenvalue weighted by Gasteiger charge is 2.43. The summed E-state index contributed by atoms with van der Waals surface area (Å²) in [5, 5.41) is 52.9. The number of thioether (sulfide) groups is 1. The van der Waals surface area contributed by atoms with Crippen molar-refractivity contribution >= 4 is 93.5 Å². The molecule has 34 heteroatoms. The summed E-state index contributed by atoms with van der Waals surface area (Å²) in [6.45, 7) is 2.36. The summed E-state index contributed by atoms with van der Waals surface area (Å²) in [5.74, 6) is -5.74. The van der Waals surface area contributed by atoms with Gasteiger partial charge in [0.15, 0.2) is 5.96 Å². The molecule has 4 aromatic rings. The highest BCUT2D eigenvalue weighted by Crippen LogP contribution is 2.33. The SMILES string of the molecule is CC[C@H]1NC(=O)[C@@H](Cc2ccc(O)cc2)NC(=O)[C@@H](CCCCC(=N)N)NC(=O)[C@@H](NC(=O)COCCOCCOCCCC(=O)CCCC[C@H]2SC[C@H]3NC(=O)N[C@H]32)Cc2cn(nn2)CCCC[C@@H](C(N)=O)NC(=O)[C@@H](CCCN=C(N)N)NC(=O)[C@@H](Cc2cn(C)c3ccccc23)NC1=O. The van der Waals surface area contributed by atoms with Crippen molar-refractivity contribution in [1.29, 1.82) is 5.41 Å². The maximum atomic E-state index is 14.8. The van der Waals surface area contributed by atoms with Crippen LogP contribution in [-0.2, 0) is 90.2 Å². The average molecular weight is 1440 g/mol. The number of benzene rings is 2. The number of hydrogen-bond donors (Lipinski definition) is 15. The number of amides is 10. The largest absolute Gasteiger partial charge is 0.508 e. The summed E-state index contributed by atoms with van der Waals surface area (Å²) >= 11 is 1.86. The van der Waals surface area contributed by atoms with E-state index in [1.165, 1.54) is 28.9 Å². The normalized spacial score (nSPS) is 22.7. The third-order valence-electron chi connectivity index (χ3n) is 17.8. The van der Waals surface area contributed by atoms with Crippen LogP contribution in [0, 0.1) is 5.41 Å². The molecule has 10 amide bonds. The third kappa shape index (κ3) is 26.5. The minimum Gasteiger partial charge on any atom is -0.508 e. The van der Waals surface area contributed by atoms with Crippen LogP contribution in [0.15, 0.2) is 65.9 Å². The number of ether oxygens (including phenoxy) is 3. The number of aliphatic imine (C=N–C) groups is 1. The van der Waals surface area contributed by atoms with E-state index in [9.17, 15) is 53.1 Å². The zero-order chi connectivity index (χ0) is 73.5. The fourth-order valence-corrected chi connectivity index (χ4v) is 13.8. The summed E-state index contributed by atoms with van der Waals surface area (Å²) in [5.41, 5.74) is 25.0. The molecule has 102 heavy (non-hydrogen) atoms. The number of guanidine groups is 1. The van der Waals surface area contributed by atoms with E-state index in [0.717, 1.165) is 35.9 Å². The van der Waals surface area contributed by atoms with Crippen LogP contribution in [0.3, 0.4) is 0 Å². The summed E-state index contributed by atoms with van der Waals surface area (Å²) in [4.78, 5) is 143. The summed E-state index contributed by atoms with van der Waals surface area (Å²) in [6.07, 6.45) is 8.55. The molecule has 558 valence electrons. The van der Waals surface area contributed by atoms with Crippen LogP contribution < -0.4 is 70.8 Å². The second-order valence-electron chi connectivity index (χ2n) is 25.8. The molecule has 0 spiro atoms. The number of para-hydroxylation sites is 1. The van der Waals surface area contributed by atoms with Crippen molar-refractivity contribution in [2.24, 2.45) is 35.0 Å². The molecular weight excluding hydrogens is 1340 g/mol. The molecule has 0 unspecified atom stereocenters. The molecule has 0 saturated carbocycles. The van der Waals surface area contributed by atoms with Crippen molar-refractivity contribution in [2.75, 3.05) is 51.9 Å². The lowest BCUT2D eigenvalue weighted by Gasteiger charge is -2.28. The van der Waals surface area contributed by atoms with Crippen LogP contribution in [-0.4, -0.2) is 207 Å². The Morgan fingerprint density at radius 2 is 1.29 bits per heavy atom. The van der Waals surface area contributed by atoms with E-state index < -0.39 is 96.2 Å². The molecule has 0 aliphatic carbocycles. The second-order valence-corrected chi connectivity index (χ2v) is 27.1. The number of ketones is 1. The number of aromatic hydroxyl groups is 1. The van der Waals surface area contributed by atoms with E-state index in [1.54, 1.807) is 13.1 Å². The molecule has 0 radical (unpaired) electrons. The minimum atomic E-state index is -1.46. The van der Waals surface area contributed by atoms with E-state index in [-0.39, 0.29) is 151 Å². The first-order valence-electron chi connectivity index (χ1n) is 35.0. The van der Waals surface area contributed by atoms with Crippen molar-refractivity contribution in [1.82, 2.24) is 67.4 Å². The number of urea groups is 1. The number of phenols is 1. The van der Waals surface area contributed by atoms with Gasteiger partial charge in [0.25, 0.3) is 0 Å². The minimum absolute atomic E-state index is 0.0114. The number of hydrogen-bond acceptors (Lipinski definition) is 19. The van der Waals surface area contributed by atoms with E-state index in [0.29, 0.717) is 61.5 Å². The monoisotopic (exact) mass is 1440 g/mol. The van der Waals surface area contributed by atoms with Gasteiger partial charge in [0.1, 0.15) is 60.4 Å². The van der Waals surface area contributed by atoms with Crippen molar-refractivity contribution in [2.45, 2.75) is 195 Å². The van der Waals surface area contributed by atoms with Crippen molar-refractivity contribution in [3.63, 3.8) is 0 Å². The number of carbonyl (C=O) groups is 10. The Bertz CT molecular complexity index is 3510. The molecule has 19 N–H and O–H groups in total. The van der Waals surface area contributed by atoms with Crippen molar-refractivity contribution in [3.05, 3.63) is 77.7 Å². The van der Waals surface area contributed by atoms with Crippen LogP contribution in [0.25, 0.3) is 10.9 Å². The molecule has 2 fully saturated rings. The molecule has 2 aromatic heterocycles. The van der Waals surface area contributed by atoms with Gasteiger partial charge >= 0.3 is 6.03 Å². The summed E-state index contributed by atoms with van der Waals surface area (Å²) in [6, 6.07) is 3.97. The van der Waals surface area contributed by atoms with E-state index in [4.69, 9.17) is 42.6 Å². The average Bonchev–Trinajstić information content (AvgIpc) is 1.66. The number of phenolic OH excluding ortho intramolecular Hbond substituents is 1. The van der Waals surface area contributed by atoms with Gasteiger partial charge < -0.3 is 94.7 Å². The van der Waals surface area contributed by atoms with E-state index in [1.807, 2.05) is 53.8 Å². The molecule has 2 bridgehead atoms. The standard InChI is InChI=1S/C68H101N19O14S/c1-3-47-61(92)81-52(35-42-37-86(2)55-20-7-5-16-46(42)55)65(96)79-50(19-12-27-74-67(72)73)62(93)77-48(60(71)91)17-10-11-28-87-38-43(84-85-87)36-53(66(97)78-49(18-6-9-22-57(69)70)63(94)80-51(64(95)76-47)34-41-23-25-45(89)26-24-41)75-58(90)39-101-33-32-100-31-30-99-29-13-15-44(88)14-4-8-21-56-59-54(40-102-56)82-68(98)83-59/h5,7,16,20,23-26,37-38,47-54,56,59,89H,3-4,6,8-15,17-19,21-22,27-36,39-40H2,1-2H3,(H3,69,70)(H2,71,91)(H,75,90)(H,76,95)(H,77,93)(H,78,97)(H,79,96)(H,80,94)(H,81,92)(H4,72,73,74)(H2,82,83,98)/t47-,48+,49-,50-,51-,52-,53+,54-,56-,59-/m1/s1. The van der Waals surface area contributed by atoms with Gasteiger partial charge in [-0.05, 0) is 100.0 Å². The van der Waals surface area contributed by atoms with E-state index in [2.05, 4.69) is 63.2 Å². The molecular formula is C68H101N19O14S. The number of Topliss-reactive ketones (excluding diaryl/α,β-unsaturated/α-hetero) is 1. The Kier molecular flexibility index (Phi) is 32.5. The fourth-order valence-electron chi connectivity index (χ4n) is 12.3. The number of nitrogens with one attached hydrogen (secondary N) is 10. The van der Waals surface area contributed by atoms with Gasteiger partial charge in [0.2, 0.25) is 47.3 Å². The van der Waals surface area contributed by atoms with Gasteiger partial charge in [-0.1, -0.05) is 55.3 Å². The second kappa shape index (κ2) is 41.5. The lowest BCUT2D eigenvalue weighted by Crippen LogP contribution is -2.60. The van der Waals surface area contributed by atoms with Gasteiger partial charge in [0.05, 0.1) is 50.0 Å². The third-order valence-corrected chi connectivity index (χ3v) is 19.3. The Labute approximate surface area is 596 Å². The number of aromatic nitrogens is 4. The number of carbonyl (C=O) groups excluding carboxylic acids is 10. The van der Waals surface area contributed by atoms with Crippen molar-refractivity contribution in [3.8, 4) is 5.75 Å². The molecule has 7 rings (SSSR count). The van der Waals surface area contributed by atoms with Crippen LogP contribution in [0.5, 0.6) is 5.75 Å². The smallest absolute Gasteiger partial charge is 0.315 e. The zero-order valence-electron chi connectivity index (χ0n) is 58.1. The summed E-state index contributed by atoms with van der Waals surface area (Å²) < 4.78 is 20.3. The molecule has 3 aliphatic heterocycles. The van der Waals surface area contributed by atoms with Gasteiger partial charge in [-0.3, -0.25) is 58.2 Å². The number of nitrogens with two attached hydrogens (primary N) is 4. The first-order chi connectivity index (χ1) is 49.0. The molecule has 5 heterocycles. The van der Waals surface area contributed by atoms with Crippen LogP contribution >= 0.6 is 11.8 Å². The molecule has 33 nitrogen and oxygen atoms in total. The predicted octanol–water partition coefficient (Wildman–Crippen LogP) is -0.349. The lowest BCUT2D eigenvalue weighted by atomic mass is 10.0. The molecule has 10 atom stereocenters. The number of rotatable bonds is 33. The number of aryl methyl sites for hydroxylation is 2. The molecule has 2 saturated heterocycles. The maximum Gasteiger partial charge on any atom is 0.315 e. The van der Waals surface area contributed by atoms with Gasteiger partial charge in [-0.2, -0.15) is 11.8 Å². The fraction of sp³-hybridized carbons (Fsp3) is 0.588. The Morgan fingerprint density at radius 3 is 2.01 bits per heavy atom. The number of unbranched alkanes of at least 4 members (excludes halogenated alkanes) is 2. The maximum absolute atomic E-state index is 14.8. The van der Waals surface area contributed by atoms with Gasteiger partial charge in [-0.15, -0.1) is 5.10 Å². The quantitative estimate of drug-likeness (QED) is 0.0125. The van der Waals surface area contributed by atoms with Crippen LogP contribution in [0.2, 0.25) is 0 Å². The highest BCUT2D eigenvalue weighted by molar-refractivity contribution is 8.00. The Balaban J connectivity index is 1.05. The topological polar surface area (TPSA) is 503 Å². The molecule has 2 aromatic carbocycles. The first-order valence-corrected chi connectivity index (χ1v) is 36.0. The first kappa shape index (κ1) is 79.9. The number of primary amides is 1. The summed E-state index contributed by atoms with van der Waals surface area (Å²) in [7, 11) is 1.82. The van der Waals surface area contributed by atoms with Crippen LogP contribution in [0.4, 0.5) is 4.79 Å². The Hall–Kier alpha value is -9.41. The van der Waals surface area contributed by atoms with Gasteiger partial charge in [-0.25, -0.2) is 4.79 Å². The highest BCUT2D eigenvalue weighted by atomic mass is 32.2. The van der Waals surface area contributed by atoms with Gasteiger partial charge in [0, 0.05) is 99.6 Å².